The smallest absolute Gasteiger partial charge is 0.252 e. The maximum absolute atomic E-state index is 12.3. The lowest BCUT2D eigenvalue weighted by molar-refractivity contribution is 0.0788. The van der Waals surface area contributed by atoms with Crippen molar-refractivity contribution in [1.82, 2.24) is 5.32 Å². The fourth-order valence-electron chi connectivity index (χ4n) is 2.27. The highest BCUT2D eigenvalue weighted by molar-refractivity contribution is 9.10. The van der Waals surface area contributed by atoms with Crippen molar-refractivity contribution < 1.29 is 19.0 Å². The Labute approximate surface area is 142 Å². The first-order valence-electron chi connectivity index (χ1n) is 7.17. The number of fused-ring (bicyclic) bond motifs is 1. The molecule has 1 N–H and O–H groups in total. The van der Waals surface area contributed by atoms with Gasteiger partial charge in [0.05, 0.1) is 19.2 Å². The molecule has 0 fully saturated rings. The van der Waals surface area contributed by atoms with E-state index in [0.717, 1.165) is 5.75 Å². The van der Waals surface area contributed by atoms with E-state index in [1.807, 2.05) is 24.3 Å². The minimum absolute atomic E-state index is 0.196. The molecule has 0 radical (unpaired) electrons. The third kappa shape index (κ3) is 3.59. The number of halogens is 1. The molecule has 3 rings (SSSR count). The lowest BCUT2D eigenvalue weighted by Gasteiger charge is -2.26. The molecule has 0 saturated carbocycles. The van der Waals surface area contributed by atoms with Crippen molar-refractivity contribution in [2.45, 2.75) is 6.10 Å². The van der Waals surface area contributed by atoms with Gasteiger partial charge in [0.25, 0.3) is 5.91 Å². The molecule has 0 aliphatic carbocycles. The number of methoxy groups -OCH3 is 1. The summed E-state index contributed by atoms with van der Waals surface area (Å²) in [7, 11) is 1.57. The molecule has 0 aromatic heterocycles. The van der Waals surface area contributed by atoms with Crippen molar-refractivity contribution in [3.63, 3.8) is 0 Å². The zero-order valence-corrected chi connectivity index (χ0v) is 14.1. The predicted octanol–water partition coefficient (Wildman–Crippen LogP) is 3.03. The molecule has 1 aliphatic rings. The van der Waals surface area contributed by atoms with Crippen LogP contribution in [0.5, 0.6) is 17.2 Å². The Morgan fingerprint density at radius 1 is 1.30 bits per heavy atom. The highest BCUT2D eigenvalue weighted by Gasteiger charge is 2.21. The van der Waals surface area contributed by atoms with E-state index >= 15 is 0 Å². The molecule has 1 heterocycles. The minimum Gasteiger partial charge on any atom is -0.497 e. The molecule has 1 aliphatic heterocycles. The average molecular weight is 378 g/mol. The number of benzene rings is 2. The molecule has 2 aromatic carbocycles. The third-order valence-corrected chi connectivity index (χ3v) is 4.17. The molecule has 120 valence electrons. The summed E-state index contributed by atoms with van der Waals surface area (Å²) in [6.07, 6.45) is -0.224. The molecular formula is C17H16BrNO4. The molecule has 1 atom stereocenters. The van der Waals surface area contributed by atoms with Crippen LogP contribution in [0.25, 0.3) is 0 Å². The first-order valence-corrected chi connectivity index (χ1v) is 7.97. The predicted molar refractivity (Wildman–Crippen MR) is 89.4 cm³/mol. The molecule has 0 unspecified atom stereocenters. The Morgan fingerprint density at radius 3 is 2.87 bits per heavy atom. The summed E-state index contributed by atoms with van der Waals surface area (Å²) in [6, 6.07) is 12.7. The van der Waals surface area contributed by atoms with Crippen molar-refractivity contribution in [2.24, 2.45) is 0 Å². The summed E-state index contributed by atoms with van der Waals surface area (Å²) < 4.78 is 17.3. The summed E-state index contributed by atoms with van der Waals surface area (Å²) in [5.41, 5.74) is 0.515. The second-order valence-electron chi connectivity index (χ2n) is 5.05. The Morgan fingerprint density at radius 2 is 2.09 bits per heavy atom. The normalized spacial score (nSPS) is 15.8. The zero-order valence-electron chi connectivity index (χ0n) is 12.5. The highest BCUT2D eigenvalue weighted by atomic mass is 79.9. The molecule has 1 amide bonds. The van der Waals surface area contributed by atoms with Gasteiger partial charge in [0.2, 0.25) is 0 Å². The molecule has 0 saturated heterocycles. The minimum atomic E-state index is -0.224. The third-order valence-electron chi connectivity index (χ3n) is 3.48. The van der Waals surface area contributed by atoms with Crippen LogP contribution in [0.15, 0.2) is 46.9 Å². The molecule has 23 heavy (non-hydrogen) atoms. The van der Waals surface area contributed by atoms with Crippen LogP contribution in [0.2, 0.25) is 0 Å². The number of nitrogens with one attached hydrogen (secondary N) is 1. The number of carbonyl (C=O) groups is 1. The van der Waals surface area contributed by atoms with Gasteiger partial charge in [-0.2, -0.15) is 0 Å². The number of carbonyl (C=O) groups excluding carboxylic acids is 1. The zero-order chi connectivity index (χ0) is 16.2. The molecule has 5 nitrogen and oxygen atoms in total. The monoisotopic (exact) mass is 377 g/mol. The molecule has 0 bridgehead atoms. The number of hydrogen-bond donors (Lipinski definition) is 1. The van der Waals surface area contributed by atoms with Crippen LogP contribution in [0.1, 0.15) is 10.4 Å². The number of amides is 1. The van der Waals surface area contributed by atoms with Crippen LogP contribution in [0.4, 0.5) is 0 Å². The second kappa shape index (κ2) is 6.91. The summed E-state index contributed by atoms with van der Waals surface area (Å²) in [5.74, 6) is 1.86. The van der Waals surface area contributed by atoms with E-state index in [2.05, 4.69) is 21.2 Å². The maximum Gasteiger partial charge on any atom is 0.252 e. The fourth-order valence-corrected chi connectivity index (χ4v) is 2.70. The van der Waals surface area contributed by atoms with Crippen LogP contribution in [-0.2, 0) is 0 Å². The van der Waals surface area contributed by atoms with Crippen LogP contribution >= 0.6 is 15.9 Å². The largest absolute Gasteiger partial charge is 0.497 e. The summed E-state index contributed by atoms with van der Waals surface area (Å²) >= 11 is 3.38. The van der Waals surface area contributed by atoms with Crippen LogP contribution in [-0.4, -0.2) is 32.3 Å². The van der Waals surface area contributed by atoms with Gasteiger partial charge in [-0.05, 0) is 46.3 Å². The molecule has 2 aromatic rings. The van der Waals surface area contributed by atoms with Gasteiger partial charge in [-0.15, -0.1) is 0 Å². The van der Waals surface area contributed by atoms with Crippen molar-refractivity contribution >= 4 is 21.8 Å². The van der Waals surface area contributed by atoms with E-state index < -0.39 is 0 Å². The van der Waals surface area contributed by atoms with Gasteiger partial charge in [0.1, 0.15) is 18.5 Å². The van der Waals surface area contributed by atoms with Gasteiger partial charge in [-0.3, -0.25) is 4.79 Å². The van der Waals surface area contributed by atoms with Crippen LogP contribution in [0, 0.1) is 0 Å². The highest BCUT2D eigenvalue weighted by Crippen LogP contribution is 2.30. The molecule has 0 spiro atoms. The van der Waals surface area contributed by atoms with Gasteiger partial charge in [0.15, 0.2) is 11.5 Å². The first-order chi connectivity index (χ1) is 11.2. The number of hydrogen-bond acceptors (Lipinski definition) is 4. The van der Waals surface area contributed by atoms with E-state index in [1.54, 1.807) is 25.3 Å². The van der Waals surface area contributed by atoms with Crippen molar-refractivity contribution in [2.75, 3.05) is 20.3 Å². The van der Waals surface area contributed by atoms with E-state index in [0.29, 0.717) is 34.7 Å². The second-order valence-corrected chi connectivity index (χ2v) is 5.91. The fraction of sp³-hybridized carbons (Fsp3) is 0.235. The lowest BCUT2D eigenvalue weighted by Crippen LogP contribution is -2.40. The Kier molecular flexibility index (Phi) is 4.71. The quantitative estimate of drug-likeness (QED) is 0.889. The first kappa shape index (κ1) is 15.7. The number of ether oxygens (including phenoxy) is 3. The Bertz CT molecular complexity index is 719. The SMILES string of the molecule is COc1ccc(Br)c(C(=O)NC[C@H]2COc3ccccc3O2)c1. The molecular weight excluding hydrogens is 362 g/mol. The van der Waals surface area contributed by atoms with Gasteiger partial charge >= 0.3 is 0 Å². The molecule has 6 heteroatoms. The van der Waals surface area contributed by atoms with E-state index in [1.165, 1.54) is 0 Å². The maximum atomic E-state index is 12.3. The number of rotatable bonds is 4. The summed E-state index contributed by atoms with van der Waals surface area (Å²) in [6.45, 7) is 0.757. The average Bonchev–Trinajstić information content (AvgIpc) is 2.60. The van der Waals surface area contributed by atoms with Crippen molar-refractivity contribution in [3.8, 4) is 17.2 Å². The van der Waals surface area contributed by atoms with E-state index in [4.69, 9.17) is 14.2 Å². The summed E-state index contributed by atoms with van der Waals surface area (Å²) in [4.78, 5) is 12.3. The topological polar surface area (TPSA) is 56.8 Å². The standard InChI is InChI=1S/C17H16BrNO4/c1-21-11-6-7-14(18)13(8-11)17(20)19-9-12-10-22-15-4-2-3-5-16(15)23-12/h2-8,12H,9-10H2,1H3,(H,19,20)/t12-/m0/s1. The Hall–Kier alpha value is -2.21. The Balaban J connectivity index is 1.62. The van der Waals surface area contributed by atoms with Gasteiger partial charge in [-0.25, -0.2) is 0 Å². The van der Waals surface area contributed by atoms with E-state index in [9.17, 15) is 4.79 Å². The number of para-hydroxylation sites is 2. The van der Waals surface area contributed by atoms with Crippen molar-refractivity contribution in [1.29, 1.82) is 0 Å². The van der Waals surface area contributed by atoms with Gasteiger partial charge in [0, 0.05) is 4.47 Å². The van der Waals surface area contributed by atoms with Gasteiger partial charge in [-0.1, -0.05) is 12.1 Å². The lowest BCUT2D eigenvalue weighted by atomic mass is 10.2. The van der Waals surface area contributed by atoms with Crippen molar-refractivity contribution in [3.05, 3.63) is 52.5 Å². The van der Waals surface area contributed by atoms with Crippen LogP contribution in [0.3, 0.4) is 0 Å². The van der Waals surface area contributed by atoms with Gasteiger partial charge < -0.3 is 19.5 Å². The van der Waals surface area contributed by atoms with E-state index in [-0.39, 0.29) is 12.0 Å². The summed E-state index contributed by atoms with van der Waals surface area (Å²) in [5, 5.41) is 2.86. The van der Waals surface area contributed by atoms with Crippen LogP contribution < -0.4 is 19.5 Å².